The summed E-state index contributed by atoms with van der Waals surface area (Å²) >= 11 is 1.37. The third kappa shape index (κ3) is 2.89. The number of ether oxygens (including phenoxy) is 1. The van der Waals surface area contributed by atoms with Crippen LogP contribution in [0.1, 0.15) is 11.1 Å². The molecule has 0 spiro atoms. The van der Waals surface area contributed by atoms with E-state index in [0.29, 0.717) is 22.4 Å². The number of halogens is 1. The van der Waals surface area contributed by atoms with E-state index in [-0.39, 0.29) is 10.8 Å². The van der Waals surface area contributed by atoms with E-state index in [4.69, 9.17) is 4.74 Å². The average Bonchev–Trinajstić information content (AvgIpc) is 2.67. The van der Waals surface area contributed by atoms with E-state index in [1.165, 1.54) is 17.4 Å². The maximum Gasteiger partial charge on any atom is 0.198 e. The van der Waals surface area contributed by atoms with Crippen molar-refractivity contribution >= 4 is 37.6 Å². The van der Waals surface area contributed by atoms with Crippen molar-refractivity contribution in [2.75, 3.05) is 0 Å². The minimum absolute atomic E-state index is 0.0889. The van der Waals surface area contributed by atoms with Gasteiger partial charge in [-0.05, 0) is 41.5 Å². The van der Waals surface area contributed by atoms with Gasteiger partial charge in [0.1, 0.15) is 18.2 Å². The van der Waals surface area contributed by atoms with Crippen LogP contribution in [0.15, 0.2) is 72.0 Å². The SMILES string of the molecule is C=Cc1cccc(COc2ccc(F)c3c(=O)c4ccccc4sc23)c1. The predicted octanol–water partition coefficient (Wildman–Crippen LogP) is 5.78. The van der Waals surface area contributed by atoms with E-state index in [1.54, 1.807) is 24.3 Å². The lowest BCUT2D eigenvalue weighted by molar-refractivity contribution is 0.310. The van der Waals surface area contributed by atoms with Crippen molar-refractivity contribution < 1.29 is 9.13 Å². The van der Waals surface area contributed by atoms with Gasteiger partial charge in [-0.15, -0.1) is 11.3 Å². The molecule has 26 heavy (non-hydrogen) atoms. The van der Waals surface area contributed by atoms with Crippen LogP contribution in [0.4, 0.5) is 4.39 Å². The van der Waals surface area contributed by atoms with Crippen molar-refractivity contribution in [3.8, 4) is 5.75 Å². The normalized spacial score (nSPS) is 11.0. The molecule has 128 valence electrons. The topological polar surface area (TPSA) is 26.3 Å². The zero-order valence-corrected chi connectivity index (χ0v) is 14.7. The van der Waals surface area contributed by atoms with Crippen LogP contribution >= 0.6 is 11.3 Å². The van der Waals surface area contributed by atoms with Gasteiger partial charge in [0, 0.05) is 10.1 Å². The fourth-order valence-electron chi connectivity index (χ4n) is 2.92. The molecule has 2 nitrogen and oxygen atoms in total. The van der Waals surface area contributed by atoms with Gasteiger partial charge in [-0.3, -0.25) is 4.79 Å². The Bertz CT molecular complexity index is 1190. The van der Waals surface area contributed by atoms with Crippen molar-refractivity contribution in [1.82, 2.24) is 0 Å². The summed E-state index contributed by atoms with van der Waals surface area (Å²) in [6.07, 6.45) is 1.77. The zero-order chi connectivity index (χ0) is 18.1. The van der Waals surface area contributed by atoms with E-state index in [9.17, 15) is 9.18 Å². The molecule has 4 aromatic rings. The van der Waals surface area contributed by atoms with Gasteiger partial charge in [-0.25, -0.2) is 4.39 Å². The first kappa shape index (κ1) is 16.5. The Labute approximate surface area is 153 Å². The molecule has 1 aromatic heterocycles. The summed E-state index contributed by atoms with van der Waals surface area (Å²) < 4.78 is 21.6. The van der Waals surface area contributed by atoms with Crippen LogP contribution in [0.3, 0.4) is 0 Å². The molecule has 0 unspecified atom stereocenters. The van der Waals surface area contributed by atoms with Gasteiger partial charge in [0.25, 0.3) is 0 Å². The summed E-state index contributed by atoms with van der Waals surface area (Å²) in [5.41, 5.74) is 1.68. The van der Waals surface area contributed by atoms with Crippen molar-refractivity contribution in [3.63, 3.8) is 0 Å². The van der Waals surface area contributed by atoms with E-state index >= 15 is 0 Å². The summed E-state index contributed by atoms with van der Waals surface area (Å²) in [6.45, 7) is 4.09. The van der Waals surface area contributed by atoms with Gasteiger partial charge in [-0.1, -0.05) is 43.0 Å². The lowest BCUT2D eigenvalue weighted by Gasteiger charge is -2.10. The Kier molecular flexibility index (Phi) is 4.27. The molecule has 0 aliphatic rings. The Hall–Kier alpha value is -2.98. The Balaban J connectivity index is 1.81. The van der Waals surface area contributed by atoms with Crippen molar-refractivity contribution in [3.05, 3.63) is 94.4 Å². The Morgan fingerprint density at radius 1 is 1.08 bits per heavy atom. The molecule has 0 atom stereocenters. The average molecular weight is 362 g/mol. The number of hydrogen-bond donors (Lipinski definition) is 0. The number of hydrogen-bond acceptors (Lipinski definition) is 3. The molecule has 4 rings (SSSR count). The fourth-order valence-corrected chi connectivity index (χ4v) is 4.08. The molecule has 0 saturated heterocycles. The van der Waals surface area contributed by atoms with Crippen molar-refractivity contribution in [2.24, 2.45) is 0 Å². The summed E-state index contributed by atoms with van der Waals surface area (Å²) in [4.78, 5) is 12.7. The van der Waals surface area contributed by atoms with Gasteiger partial charge in [0.15, 0.2) is 5.43 Å². The van der Waals surface area contributed by atoms with Crippen LogP contribution in [0, 0.1) is 5.82 Å². The van der Waals surface area contributed by atoms with Crippen molar-refractivity contribution in [2.45, 2.75) is 6.61 Å². The van der Waals surface area contributed by atoms with Crippen molar-refractivity contribution in [1.29, 1.82) is 0 Å². The molecule has 3 aromatic carbocycles. The van der Waals surface area contributed by atoms with Gasteiger partial charge >= 0.3 is 0 Å². The molecule has 0 saturated carbocycles. The molecule has 1 heterocycles. The first-order valence-electron chi connectivity index (χ1n) is 8.15. The smallest absolute Gasteiger partial charge is 0.198 e. The lowest BCUT2D eigenvalue weighted by Crippen LogP contribution is -2.05. The second-order valence-electron chi connectivity index (χ2n) is 5.91. The standard InChI is InChI=1S/C22H15FO2S/c1-2-14-6-5-7-15(12-14)13-25-18-11-10-17(23)20-21(24)16-8-3-4-9-19(16)26-22(18)20/h2-12H,1,13H2. The highest BCUT2D eigenvalue weighted by molar-refractivity contribution is 7.24. The van der Waals surface area contributed by atoms with E-state index < -0.39 is 5.82 Å². The number of fused-ring (bicyclic) bond motifs is 2. The van der Waals surface area contributed by atoms with Crippen LogP contribution in [0.2, 0.25) is 0 Å². The fraction of sp³-hybridized carbons (Fsp3) is 0.0455. The number of rotatable bonds is 4. The van der Waals surface area contributed by atoms with Gasteiger partial charge in [0.2, 0.25) is 0 Å². The third-order valence-electron chi connectivity index (χ3n) is 4.22. The molecule has 0 bridgehead atoms. The summed E-state index contributed by atoms with van der Waals surface area (Å²) in [5.74, 6) is -0.00809. The van der Waals surface area contributed by atoms with E-state index in [2.05, 4.69) is 6.58 Å². The summed E-state index contributed by atoms with van der Waals surface area (Å²) in [5, 5.41) is 0.616. The van der Waals surface area contributed by atoms with Gasteiger partial charge in [-0.2, -0.15) is 0 Å². The highest BCUT2D eigenvalue weighted by Crippen LogP contribution is 2.33. The first-order valence-corrected chi connectivity index (χ1v) is 8.97. The second kappa shape index (κ2) is 6.73. The molecule has 0 amide bonds. The lowest BCUT2D eigenvalue weighted by atomic mass is 10.1. The minimum Gasteiger partial charge on any atom is -0.487 e. The maximum absolute atomic E-state index is 14.4. The van der Waals surface area contributed by atoms with Crippen LogP contribution in [-0.4, -0.2) is 0 Å². The van der Waals surface area contributed by atoms with E-state index in [1.807, 2.05) is 36.4 Å². The predicted molar refractivity (Wildman–Crippen MR) is 106 cm³/mol. The highest BCUT2D eigenvalue weighted by Gasteiger charge is 2.14. The molecule has 0 radical (unpaired) electrons. The molecule has 4 heteroatoms. The molecule has 0 fully saturated rings. The Morgan fingerprint density at radius 2 is 1.92 bits per heavy atom. The minimum atomic E-state index is -0.520. The molecular formula is C22H15FO2S. The van der Waals surface area contributed by atoms with Crippen LogP contribution < -0.4 is 10.2 Å². The monoisotopic (exact) mass is 362 g/mol. The Morgan fingerprint density at radius 3 is 2.77 bits per heavy atom. The molecular weight excluding hydrogens is 347 g/mol. The molecule has 0 N–H and O–H groups in total. The number of benzene rings is 3. The van der Waals surface area contributed by atoms with E-state index in [0.717, 1.165) is 15.8 Å². The maximum atomic E-state index is 14.4. The summed E-state index contributed by atoms with van der Waals surface area (Å²) in [6, 6.07) is 17.9. The third-order valence-corrected chi connectivity index (χ3v) is 5.41. The highest BCUT2D eigenvalue weighted by atomic mass is 32.1. The quantitative estimate of drug-likeness (QED) is 0.430. The zero-order valence-electron chi connectivity index (χ0n) is 13.9. The van der Waals surface area contributed by atoms with Crippen LogP contribution in [0.25, 0.3) is 26.2 Å². The first-order chi connectivity index (χ1) is 12.7. The molecule has 0 aliphatic carbocycles. The summed E-state index contributed by atoms with van der Waals surface area (Å²) in [7, 11) is 0. The largest absolute Gasteiger partial charge is 0.487 e. The second-order valence-corrected chi connectivity index (χ2v) is 6.97. The van der Waals surface area contributed by atoms with Gasteiger partial charge in [0.05, 0.1) is 10.1 Å². The van der Waals surface area contributed by atoms with Crippen LogP contribution in [-0.2, 0) is 6.61 Å². The van der Waals surface area contributed by atoms with Crippen LogP contribution in [0.5, 0.6) is 5.75 Å². The molecule has 0 aliphatic heterocycles. The van der Waals surface area contributed by atoms with Gasteiger partial charge < -0.3 is 4.74 Å².